The van der Waals surface area contributed by atoms with Gasteiger partial charge >= 0.3 is 0 Å². The molecule has 2 aliphatic rings. The first-order valence-electron chi connectivity index (χ1n) is 10.9. The van der Waals surface area contributed by atoms with Crippen LogP contribution in [0.1, 0.15) is 65.7 Å². The van der Waals surface area contributed by atoms with Crippen LogP contribution in [0.15, 0.2) is 12.2 Å². The van der Waals surface area contributed by atoms with Crippen molar-refractivity contribution >= 4 is 23.1 Å². The van der Waals surface area contributed by atoms with Gasteiger partial charge in [-0.05, 0) is 68.7 Å². The van der Waals surface area contributed by atoms with Crippen LogP contribution in [-0.4, -0.2) is 47.5 Å². The molecule has 0 spiro atoms. The van der Waals surface area contributed by atoms with Gasteiger partial charge in [0, 0.05) is 19.1 Å². The molecule has 2 unspecified atom stereocenters. The summed E-state index contributed by atoms with van der Waals surface area (Å²) >= 11 is 5.25. The Morgan fingerprint density at radius 2 is 2.04 bits per heavy atom. The number of hydrogen-bond donors (Lipinski definition) is 3. The second-order valence-corrected chi connectivity index (χ2v) is 10.1. The molecule has 160 valence electrons. The highest BCUT2D eigenvalue weighted by Gasteiger charge is 2.38. The average Bonchev–Trinajstić information content (AvgIpc) is 3.07. The van der Waals surface area contributed by atoms with Crippen LogP contribution < -0.4 is 16.8 Å². The summed E-state index contributed by atoms with van der Waals surface area (Å²) in [6.45, 7) is 8.14. The fourth-order valence-corrected chi connectivity index (χ4v) is 4.54. The third-order valence-electron chi connectivity index (χ3n) is 6.17. The molecule has 1 aliphatic carbocycles. The van der Waals surface area contributed by atoms with E-state index in [-0.39, 0.29) is 23.9 Å². The van der Waals surface area contributed by atoms with Gasteiger partial charge in [0.2, 0.25) is 5.91 Å². The highest BCUT2D eigenvalue weighted by atomic mass is 32.1. The van der Waals surface area contributed by atoms with Gasteiger partial charge in [-0.25, -0.2) is 0 Å². The summed E-state index contributed by atoms with van der Waals surface area (Å²) in [5.74, 6) is 1.75. The molecule has 1 amide bonds. The largest absolute Gasteiger partial charge is 0.367 e. The lowest BCUT2D eigenvalue weighted by Gasteiger charge is -2.36. The molecule has 5 N–H and O–H groups in total. The first-order valence-corrected chi connectivity index (χ1v) is 11.3. The molecule has 1 saturated heterocycles. The molecule has 0 aromatic heterocycles. The number of likely N-dealkylation sites (tertiary alicyclic amines) is 1. The summed E-state index contributed by atoms with van der Waals surface area (Å²) in [6.07, 6.45) is 12.8. The number of nitrogens with zero attached hydrogens (tertiary/aromatic N) is 1. The fourth-order valence-electron chi connectivity index (χ4n) is 4.42. The molecule has 0 radical (unpaired) electrons. The molecular weight excluding hydrogens is 368 g/mol. The number of nitrogens with two attached hydrogens (primary N) is 2. The van der Waals surface area contributed by atoms with E-state index in [1.165, 1.54) is 19.3 Å². The van der Waals surface area contributed by atoms with Gasteiger partial charge in [-0.3, -0.25) is 4.79 Å². The Labute approximate surface area is 176 Å². The maximum atomic E-state index is 13.3. The Balaban J connectivity index is 1.88. The monoisotopic (exact) mass is 408 g/mol. The van der Waals surface area contributed by atoms with Crippen molar-refractivity contribution in [1.82, 2.24) is 10.2 Å². The fraction of sp³-hybridized carbons (Fsp3) is 0.818. The summed E-state index contributed by atoms with van der Waals surface area (Å²) in [6, 6.07) is -0.0296. The van der Waals surface area contributed by atoms with Crippen LogP contribution in [0.5, 0.6) is 0 Å². The minimum Gasteiger partial charge on any atom is -0.367 e. The quantitative estimate of drug-likeness (QED) is 0.403. The van der Waals surface area contributed by atoms with Crippen molar-refractivity contribution < 1.29 is 4.79 Å². The molecule has 28 heavy (non-hydrogen) atoms. The number of carbonyl (C=O) groups is 1. The molecule has 0 bridgehead atoms. The highest BCUT2D eigenvalue weighted by molar-refractivity contribution is 7.80. The minimum atomic E-state index is -0.330. The van der Waals surface area contributed by atoms with E-state index in [4.69, 9.17) is 23.7 Å². The van der Waals surface area contributed by atoms with Gasteiger partial charge in [-0.2, -0.15) is 0 Å². The Morgan fingerprint density at radius 1 is 1.32 bits per heavy atom. The van der Waals surface area contributed by atoms with E-state index in [2.05, 4.69) is 43.1 Å². The van der Waals surface area contributed by atoms with Crippen molar-refractivity contribution in [3.05, 3.63) is 12.2 Å². The van der Waals surface area contributed by atoms with Crippen molar-refractivity contribution in [1.29, 1.82) is 0 Å². The van der Waals surface area contributed by atoms with E-state index in [9.17, 15) is 4.79 Å². The van der Waals surface area contributed by atoms with Crippen molar-refractivity contribution in [3.63, 3.8) is 0 Å². The van der Waals surface area contributed by atoms with Crippen LogP contribution in [-0.2, 0) is 4.79 Å². The van der Waals surface area contributed by atoms with Gasteiger partial charge < -0.3 is 21.7 Å². The molecule has 5 nitrogen and oxygen atoms in total. The molecule has 1 heterocycles. The van der Waals surface area contributed by atoms with Gasteiger partial charge in [-0.1, -0.05) is 45.1 Å². The Bertz CT molecular complexity index is 551. The van der Waals surface area contributed by atoms with Gasteiger partial charge in [0.05, 0.1) is 4.99 Å². The van der Waals surface area contributed by atoms with E-state index < -0.39 is 0 Å². The molecular formula is C22H40N4OS. The number of nitrogens with one attached hydrogen (secondary N) is 1. The number of carbonyl (C=O) groups excluding carboxylic acids is 1. The maximum Gasteiger partial charge on any atom is 0.245 e. The lowest BCUT2D eigenvalue weighted by Crippen LogP contribution is -2.56. The molecule has 2 fully saturated rings. The van der Waals surface area contributed by atoms with Crippen LogP contribution >= 0.6 is 12.2 Å². The Kier molecular flexibility index (Phi) is 8.90. The zero-order valence-electron chi connectivity index (χ0n) is 18.0. The van der Waals surface area contributed by atoms with Gasteiger partial charge in [0.25, 0.3) is 0 Å². The average molecular weight is 409 g/mol. The summed E-state index contributed by atoms with van der Waals surface area (Å²) in [5, 5.41) is 3.21. The van der Waals surface area contributed by atoms with Gasteiger partial charge in [-0.15, -0.1) is 0 Å². The second-order valence-electron chi connectivity index (χ2n) is 9.59. The number of rotatable bonds is 9. The second kappa shape index (κ2) is 10.7. The van der Waals surface area contributed by atoms with E-state index in [0.717, 1.165) is 50.6 Å². The minimum absolute atomic E-state index is 0.157. The summed E-state index contributed by atoms with van der Waals surface area (Å²) in [5.41, 5.74) is 11.0. The third-order valence-corrected chi connectivity index (χ3v) is 6.45. The van der Waals surface area contributed by atoms with Crippen LogP contribution in [0.25, 0.3) is 0 Å². The van der Waals surface area contributed by atoms with Crippen molar-refractivity contribution in [2.24, 2.45) is 28.7 Å². The summed E-state index contributed by atoms with van der Waals surface area (Å²) < 4.78 is 0. The lowest BCUT2D eigenvalue weighted by atomic mass is 9.72. The Morgan fingerprint density at radius 3 is 2.64 bits per heavy atom. The van der Waals surface area contributed by atoms with Crippen molar-refractivity contribution in [2.75, 3.05) is 19.6 Å². The molecule has 0 aromatic carbocycles. The van der Waals surface area contributed by atoms with Crippen molar-refractivity contribution in [2.45, 2.75) is 77.8 Å². The van der Waals surface area contributed by atoms with Crippen LogP contribution in [0.2, 0.25) is 0 Å². The van der Waals surface area contributed by atoms with Crippen LogP contribution in [0, 0.1) is 17.3 Å². The smallest absolute Gasteiger partial charge is 0.245 e. The summed E-state index contributed by atoms with van der Waals surface area (Å²) in [4.78, 5) is 15.9. The molecule has 1 saturated carbocycles. The first kappa shape index (κ1) is 23.3. The van der Waals surface area contributed by atoms with E-state index in [1.54, 1.807) is 0 Å². The SMILES string of the molecule is CC(C)(C)C(NC(=S)CN)C(=O)N1CCCC1C/C=C/C1CC(CCCN)C1. The number of amides is 1. The molecule has 2 rings (SSSR count). The van der Waals surface area contributed by atoms with Crippen LogP contribution in [0.3, 0.4) is 0 Å². The number of hydrogen-bond acceptors (Lipinski definition) is 4. The zero-order valence-corrected chi connectivity index (χ0v) is 18.8. The predicted molar refractivity (Wildman–Crippen MR) is 121 cm³/mol. The lowest BCUT2D eigenvalue weighted by molar-refractivity contribution is -0.136. The van der Waals surface area contributed by atoms with Gasteiger partial charge in [0.1, 0.15) is 6.04 Å². The molecule has 6 heteroatoms. The molecule has 1 aliphatic heterocycles. The Hall–Kier alpha value is -0.980. The highest BCUT2D eigenvalue weighted by Crippen LogP contribution is 2.38. The van der Waals surface area contributed by atoms with Crippen LogP contribution in [0.4, 0.5) is 0 Å². The van der Waals surface area contributed by atoms with E-state index in [0.29, 0.717) is 11.0 Å². The van der Waals surface area contributed by atoms with Crippen molar-refractivity contribution in [3.8, 4) is 0 Å². The van der Waals surface area contributed by atoms with Gasteiger partial charge in [0.15, 0.2) is 0 Å². The summed E-state index contributed by atoms with van der Waals surface area (Å²) in [7, 11) is 0. The molecule has 2 atom stereocenters. The number of allylic oxidation sites excluding steroid dienone is 1. The predicted octanol–water partition coefficient (Wildman–Crippen LogP) is 2.98. The van der Waals surface area contributed by atoms with E-state index >= 15 is 0 Å². The maximum absolute atomic E-state index is 13.3. The first-order chi connectivity index (χ1) is 13.3. The normalized spacial score (nSPS) is 26.3. The molecule has 0 aromatic rings. The number of thiocarbonyl (C=S) groups is 1. The third kappa shape index (κ3) is 6.53. The topological polar surface area (TPSA) is 84.4 Å². The zero-order chi connectivity index (χ0) is 20.7. The van der Waals surface area contributed by atoms with E-state index in [1.807, 2.05) is 0 Å². The standard InChI is InChI=1S/C22H40N4OS/c1-22(2,3)20(25-19(28)15-24)21(27)26-12-6-10-18(26)9-4-7-16-13-17(14-16)8-5-11-23/h4,7,16-18,20H,5-6,8-15,23-24H2,1-3H3,(H,25,28)/b7-4+.